The van der Waals surface area contributed by atoms with Crippen molar-refractivity contribution in [1.82, 2.24) is 5.32 Å². The zero-order valence-corrected chi connectivity index (χ0v) is 8.61. The number of hydrogen-bond acceptors (Lipinski definition) is 3. The first-order chi connectivity index (χ1) is 7.56. The molecule has 0 aliphatic carbocycles. The van der Waals surface area contributed by atoms with E-state index in [-0.39, 0.29) is 11.3 Å². The maximum atomic E-state index is 11.2. The summed E-state index contributed by atoms with van der Waals surface area (Å²) < 4.78 is 0. The number of nitrogens with two attached hydrogens (primary N) is 1. The number of amides is 3. The van der Waals surface area contributed by atoms with Crippen molar-refractivity contribution in [3.8, 4) is 0 Å². The van der Waals surface area contributed by atoms with Gasteiger partial charge in [-0.15, -0.1) is 0 Å². The Morgan fingerprint density at radius 2 is 1.75 bits per heavy atom. The molecule has 1 aromatic carbocycles. The second-order valence-corrected chi connectivity index (χ2v) is 2.94. The Morgan fingerprint density at radius 3 is 2.31 bits per heavy atom. The molecule has 6 nitrogen and oxygen atoms in total. The smallest absolute Gasteiger partial charge is 0.313 e. The van der Waals surface area contributed by atoms with E-state index in [1.54, 1.807) is 12.1 Å². The topological polar surface area (TPSA) is 101 Å². The van der Waals surface area contributed by atoms with E-state index in [1.807, 2.05) is 0 Å². The third-order valence-electron chi connectivity index (χ3n) is 1.87. The van der Waals surface area contributed by atoms with Crippen LogP contribution in [0.2, 0.25) is 0 Å². The molecule has 0 radical (unpaired) electrons. The zero-order valence-electron chi connectivity index (χ0n) is 8.61. The van der Waals surface area contributed by atoms with Crippen molar-refractivity contribution in [3.63, 3.8) is 0 Å². The summed E-state index contributed by atoms with van der Waals surface area (Å²) in [5, 5.41) is 4.46. The quantitative estimate of drug-likeness (QED) is 0.585. The van der Waals surface area contributed by atoms with Crippen LogP contribution >= 0.6 is 0 Å². The number of carbonyl (C=O) groups excluding carboxylic acids is 3. The van der Waals surface area contributed by atoms with Crippen LogP contribution in [0, 0.1) is 0 Å². The number of anilines is 1. The molecule has 0 fully saturated rings. The lowest BCUT2D eigenvalue weighted by Gasteiger charge is -2.07. The first kappa shape index (κ1) is 11.7. The molecule has 0 aromatic heterocycles. The van der Waals surface area contributed by atoms with Crippen LogP contribution in [0.4, 0.5) is 5.69 Å². The molecule has 0 aliphatic heterocycles. The second-order valence-electron chi connectivity index (χ2n) is 2.94. The average molecular weight is 221 g/mol. The lowest BCUT2D eigenvalue weighted by atomic mass is 10.1. The van der Waals surface area contributed by atoms with Crippen molar-refractivity contribution in [1.29, 1.82) is 0 Å². The summed E-state index contributed by atoms with van der Waals surface area (Å²) in [6.45, 7) is 0. The van der Waals surface area contributed by atoms with Crippen LogP contribution in [0.1, 0.15) is 10.4 Å². The number of carbonyl (C=O) groups is 3. The van der Waals surface area contributed by atoms with E-state index in [0.717, 1.165) is 0 Å². The van der Waals surface area contributed by atoms with Crippen LogP contribution in [0.25, 0.3) is 0 Å². The van der Waals surface area contributed by atoms with Gasteiger partial charge in [-0.05, 0) is 12.1 Å². The Bertz CT molecular complexity index is 443. The van der Waals surface area contributed by atoms with Gasteiger partial charge < -0.3 is 16.4 Å². The van der Waals surface area contributed by atoms with E-state index < -0.39 is 17.7 Å². The highest BCUT2D eigenvalue weighted by Gasteiger charge is 2.14. The first-order valence-corrected chi connectivity index (χ1v) is 4.48. The predicted molar refractivity (Wildman–Crippen MR) is 57.7 cm³/mol. The van der Waals surface area contributed by atoms with Crippen LogP contribution in [0.3, 0.4) is 0 Å². The number of benzene rings is 1. The molecule has 0 aliphatic rings. The van der Waals surface area contributed by atoms with Gasteiger partial charge in [0, 0.05) is 7.05 Å². The van der Waals surface area contributed by atoms with Gasteiger partial charge in [0.2, 0.25) is 0 Å². The molecule has 3 amide bonds. The Hall–Kier alpha value is -2.37. The van der Waals surface area contributed by atoms with Gasteiger partial charge >= 0.3 is 11.8 Å². The van der Waals surface area contributed by atoms with E-state index in [4.69, 9.17) is 5.73 Å². The molecule has 0 bridgehead atoms. The first-order valence-electron chi connectivity index (χ1n) is 4.48. The lowest BCUT2D eigenvalue weighted by Crippen LogP contribution is -2.33. The van der Waals surface area contributed by atoms with Crippen LogP contribution in [0.15, 0.2) is 24.3 Å². The minimum absolute atomic E-state index is 0.153. The van der Waals surface area contributed by atoms with Gasteiger partial charge in [-0.25, -0.2) is 0 Å². The van der Waals surface area contributed by atoms with Gasteiger partial charge in [0.15, 0.2) is 0 Å². The summed E-state index contributed by atoms with van der Waals surface area (Å²) in [5.41, 5.74) is 5.47. The molecule has 6 heteroatoms. The fraction of sp³-hybridized carbons (Fsp3) is 0.100. The third kappa shape index (κ3) is 2.57. The summed E-state index contributed by atoms with van der Waals surface area (Å²) in [6.07, 6.45) is 0. The van der Waals surface area contributed by atoms with E-state index >= 15 is 0 Å². The van der Waals surface area contributed by atoms with Crippen molar-refractivity contribution in [2.75, 3.05) is 12.4 Å². The fourth-order valence-corrected chi connectivity index (χ4v) is 1.10. The highest BCUT2D eigenvalue weighted by molar-refractivity contribution is 6.39. The minimum atomic E-state index is -0.851. The monoisotopic (exact) mass is 221 g/mol. The molecule has 0 saturated heterocycles. The van der Waals surface area contributed by atoms with Gasteiger partial charge in [0.1, 0.15) is 0 Å². The molecule has 16 heavy (non-hydrogen) atoms. The van der Waals surface area contributed by atoms with Crippen molar-refractivity contribution in [2.24, 2.45) is 5.73 Å². The largest absolute Gasteiger partial charge is 0.366 e. The SMILES string of the molecule is CNC(=O)C(=O)Nc1ccccc1C(N)=O. The van der Waals surface area contributed by atoms with Gasteiger partial charge in [-0.2, -0.15) is 0 Å². The highest BCUT2D eigenvalue weighted by Crippen LogP contribution is 2.13. The van der Waals surface area contributed by atoms with Crippen LogP contribution in [-0.4, -0.2) is 24.8 Å². The standard InChI is InChI=1S/C10H11N3O3/c1-12-9(15)10(16)13-7-5-3-2-4-6(7)8(11)14/h2-5H,1H3,(H2,11,14)(H,12,15)(H,13,16). The number of likely N-dealkylation sites (N-methyl/N-ethyl adjacent to an activating group) is 1. The average Bonchev–Trinajstić information content (AvgIpc) is 2.28. The number of hydrogen-bond donors (Lipinski definition) is 3. The van der Waals surface area contributed by atoms with Crippen molar-refractivity contribution in [3.05, 3.63) is 29.8 Å². The zero-order chi connectivity index (χ0) is 12.1. The molecular weight excluding hydrogens is 210 g/mol. The molecule has 4 N–H and O–H groups in total. The van der Waals surface area contributed by atoms with Gasteiger partial charge in [-0.1, -0.05) is 12.1 Å². The van der Waals surface area contributed by atoms with E-state index in [1.165, 1.54) is 19.2 Å². The molecule has 0 saturated carbocycles. The van der Waals surface area contributed by atoms with Crippen LogP contribution < -0.4 is 16.4 Å². The van der Waals surface area contributed by atoms with Gasteiger partial charge in [0.05, 0.1) is 11.3 Å². The summed E-state index contributed by atoms with van der Waals surface area (Å²) in [4.78, 5) is 33.2. The van der Waals surface area contributed by atoms with Gasteiger partial charge in [-0.3, -0.25) is 14.4 Å². The summed E-state index contributed by atoms with van der Waals surface area (Å²) in [5.74, 6) is -2.32. The number of nitrogens with one attached hydrogen (secondary N) is 2. The minimum Gasteiger partial charge on any atom is -0.366 e. The fourth-order valence-electron chi connectivity index (χ4n) is 1.10. The summed E-state index contributed by atoms with van der Waals surface area (Å²) in [7, 11) is 1.34. The van der Waals surface area contributed by atoms with E-state index in [2.05, 4.69) is 10.6 Å². The van der Waals surface area contributed by atoms with Crippen molar-refractivity contribution in [2.45, 2.75) is 0 Å². The number of rotatable bonds is 2. The second kappa shape index (κ2) is 4.92. The Balaban J connectivity index is 2.93. The Morgan fingerprint density at radius 1 is 1.12 bits per heavy atom. The number of para-hydroxylation sites is 1. The Kier molecular flexibility index (Phi) is 3.60. The van der Waals surface area contributed by atoms with Crippen LogP contribution in [-0.2, 0) is 9.59 Å². The summed E-state index contributed by atoms with van der Waals surface area (Å²) >= 11 is 0. The lowest BCUT2D eigenvalue weighted by molar-refractivity contribution is -0.135. The van der Waals surface area contributed by atoms with E-state index in [0.29, 0.717) is 0 Å². The molecule has 0 spiro atoms. The van der Waals surface area contributed by atoms with Crippen molar-refractivity contribution >= 4 is 23.4 Å². The molecular formula is C10H11N3O3. The highest BCUT2D eigenvalue weighted by atomic mass is 16.2. The van der Waals surface area contributed by atoms with E-state index in [9.17, 15) is 14.4 Å². The summed E-state index contributed by atoms with van der Waals surface area (Å²) in [6, 6.07) is 6.17. The third-order valence-corrected chi connectivity index (χ3v) is 1.87. The maximum Gasteiger partial charge on any atom is 0.313 e. The molecule has 84 valence electrons. The normalized spacial score (nSPS) is 9.31. The predicted octanol–water partition coefficient (Wildman–Crippen LogP) is -0.530. The van der Waals surface area contributed by atoms with Crippen LogP contribution in [0.5, 0.6) is 0 Å². The molecule has 0 atom stereocenters. The van der Waals surface area contributed by atoms with Crippen molar-refractivity contribution < 1.29 is 14.4 Å². The molecule has 0 unspecified atom stereocenters. The Labute approximate surface area is 91.8 Å². The maximum absolute atomic E-state index is 11.2. The molecule has 1 aromatic rings. The molecule has 1 rings (SSSR count). The van der Waals surface area contributed by atoms with Gasteiger partial charge in [0.25, 0.3) is 5.91 Å². The number of primary amides is 1. The molecule has 0 heterocycles.